The number of hydrazine groups is 1. The molecular weight excluding hydrogens is 288 g/mol. The molecule has 8 heteroatoms. The first-order valence-electron chi connectivity index (χ1n) is 7.00. The van der Waals surface area contributed by atoms with Crippen LogP contribution >= 0.6 is 11.3 Å². The largest absolute Gasteiger partial charge is 0.370 e. The Hall–Kier alpha value is -1.93. The van der Waals surface area contributed by atoms with Crippen LogP contribution in [-0.2, 0) is 6.54 Å². The van der Waals surface area contributed by atoms with Gasteiger partial charge in [-0.05, 0) is 19.3 Å². The maximum absolute atomic E-state index is 12.2. The van der Waals surface area contributed by atoms with E-state index in [-0.39, 0.29) is 5.56 Å². The Morgan fingerprint density at radius 2 is 2.10 bits per heavy atom. The molecule has 1 aliphatic rings. The minimum atomic E-state index is -0.0891. The number of anilines is 2. The van der Waals surface area contributed by atoms with Crippen molar-refractivity contribution in [3.8, 4) is 0 Å². The summed E-state index contributed by atoms with van der Waals surface area (Å²) < 4.78 is 1.45. The fraction of sp³-hybridized carbons (Fsp3) is 0.462. The fourth-order valence-corrected chi connectivity index (χ4v) is 3.17. The highest BCUT2D eigenvalue weighted by atomic mass is 32.1. The summed E-state index contributed by atoms with van der Waals surface area (Å²) in [5.41, 5.74) is 3.32. The van der Waals surface area contributed by atoms with Gasteiger partial charge in [-0.3, -0.25) is 10.2 Å². The molecule has 1 fully saturated rings. The van der Waals surface area contributed by atoms with Gasteiger partial charge in [0.1, 0.15) is 0 Å². The second kappa shape index (κ2) is 6.23. The van der Waals surface area contributed by atoms with E-state index in [1.807, 2.05) is 0 Å². The zero-order valence-corrected chi connectivity index (χ0v) is 12.5. The van der Waals surface area contributed by atoms with Gasteiger partial charge in [-0.1, -0.05) is 11.3 Å². The van der Waals surface area contributed by atoms with E-state index < -0.39 is 0 Å². The number of nitrogen functional groups attached to an aromatic ring is 1. The van der Waals surface area contributed by atoms with Crippen molar-refractivity contribution < 1.29 is 0 Å². The lowest BCUT2D eigenvalue weighted by atomic mass is 10.1. The highest BCUT2D eigenvalue weighted by Crippen LogP contribution is 2.18. The Morgan fingerprint density at radius 3 is 2.76 bits per heavy atom. The van der Waals surface area contributed by atoms with Crippen LogP contribution in [0.5, 0.6) is 0 Å². The van der Waals surface area contributed by atoms with Gasteiger partial charge < -0.3 is 4.90 Å². The number of nitrogens with one attached hydrogen (secondary N) is 1. The molecule has 0 spiro atoms. The van der Waals surface area contributed by atoms with Crippen LogP contribution < -0.4 is 21.7 Å². The zero-order chi connectivity index (χ0) is 14.7. The molecular formula is C13H18N6OS. The van der Waals surface area contributed by atoms with Gasteiger partial charge in [0.15, 0.2) is 5.13 Å². The third-order valence-corrected chi connectivity index (χ3v) is 4.47. The van der Waals surface area contributed by atoms with Crippen molar-refractivity contribution >= 4 is 22.2 Å². The van der Waals surface area contributed by atoms with E-state index >= 15 is 0 Å². The summed E-state index contributed by atoms with van der Waals surface area (Å²) in [4.78, 5) is 19.4. The molecule has 0 unspecified atom stereocenters. The van der Waals surface area contributed by atoms with E-state index in [1.165, 1.54) is 35.3 Å². The number of hydrogen-bond acceptors (Lipinski definition) is 7. The van der Waals surface area contributed by atoms with Crippen molar-refractivity contribution in [2.75, 3.05) is 23.4 Å². The minimum Gasteiger partial charge on any atom is -0.370 e. The Balaban J connectivity index is 1.76. The smallest absolute Gasteiger partial charge is 0.269 e. The van der Waals surface area contributed by atoms with E-state index in [2.05, 4.69) is 20.4 Å². The average molecular weight is 306 g/mol. The van der Waals surface area contributed by atoms with Crippen LogP contribution in [0, 0.1) is 0 Å². The Bertz CT molecular complexity index is 661. The van der Waals surface area contributed by atoms with Crippen molar-refractivity contribution in [1.29, 1.82) is 0 Å². The summed E-state index contributed by atoms with van der Waals surface area (Å²) in [5.74, 6) is 5.30. The molecule has 2 aromatic rings. The van der Waals surface area contributed by atoms with Crippen LogP contribution in [0.25, 0.3) is 0 Å². The summed E-state index contributed by atoms with van der Waals surface area (Å²) in [6.45, 7) is 2.43. The maximum Gasteiger partial charge on any atom is 0.269 e. The fourth-order valence-electron chi connectivity index (χ4n) is 2.46. The van der Waals surface area contributed by atoms with Gasteiger partial charge in [0.2, 0.25) is 0 Å². The lowest BCUT2D eigenvalue weighted by molar-refractivity contribution is 0.572. The van der Waals surface area contributed by atoms with Crippen LogP contribution in [0.1, 0.15) is 24.1 Å². The van der Waals surface area contributed by atoms with E-state index in [0.717, 1.165) is 23.7 Å². The highest BCUT2D eigenvalue weighted by Gasteiger charge is 2.13. The standard InChI is InChI=1S/C13H18N6OS/c14-17-13-15-8-11(21-13)9-19-12(20)6-10(7-16-19)18-4-2-1-3-5-18/h6-8H,1-5,9,14H2,(H,15,17). The second-order valence-electron chi connectivity index (χ2n) is 5.03. The predicted molar refractivity (Wildman–Crippen MR) is 83.6 cm³/mol. The van der Waals surface area contributed by atoms with Gasteiger partial charge in [-0.2, -0.15) is 5.10 Å². The third-order valence-electron chi connectivity index (χ3n) is 3.56. The summed E-state index contributed by atoms with van der Waals surface area (Å²) in [5, 5.41) is 4.90. The van der Waals surface area contributed by atoms with Crippen LogP contribution in [0.3, 0.4) is 0 Å². The second-order valence-corrected chi connectivity index (χ2v) is 6.15. The molecule has 1 saturated heterocycles. The first kappa shape index (κ1) is 14.0. The molecule has 3 heterocycles. The van der Waals surface area contributed by atoms with Crippen molar-refractivity contribution in [2.45, 2.75) is 25.8 Å². The lowest BCUT2D eigenvalue weighted by Gasteiger charge is -2.28. The first-order chi connectivity index (χ1) is 10.3. The Labute approximate surface area is 126 Å². The SMILES string of the molecule is NNc1ncc(Cn2ncc(N3CCCCC3)cc2=O)s1. The quantitative estimate of drug-likeness (QED) is 0.648. The van der Waals surface area contributed by atoms with E-state index in [0.29, 0.717) is 11.7 Å². The summed E-state index contributed by atoms with van der Waals surface area (Å²) >= 11 is 1.41. The molecule has 3 N–H and O–H groups in total. The number of rotatable bonds is 4. The summed E-state index contributed by atoms with van der Waals surface area (Å²) in [6.07, 6.45) is 7.10. The van der Waals surface area contributed by atoms with Gasteiger partial charge >= 0.3 is 0 Å². The zero-order valence-electron chi connectivity index (χ0n) is 11.7. The number of nitrogens with zero attached hydrogens (tertiary/aromatic N) is 4. The molecule has 112 valence electrons. The molecule has 7 nitrogen and oxygen atoms in total. The maximum atomic E-state index is 12.2. The van der Waals surface area contributed by atoms with E-state index in [1.54, 1.807) is 18.5 Å². The van der Waals surface area contributed by atoms with Crippen LogP contribution in [-0.4, -0.2) is 27.9 Å². The van der Waals surface area contributed by atoms with Crippen molar-refractivity contribution in [1.82, 2.24) is 14.8 Å². The summed E-state index contributed by atoms with van der Waals surface area (Å²) in [6, 6.07) is 1.67. The topological polar surface area (TPSA) is 89.1 Å². The molecule has 0 saturated carbocycles. The van der Waals surface area contributed by atoms with Gasteiger partial charge in [0.05, 0.1) is 18.4 Å². The number of hydrogen-bond donors (Lipinski definition) is 2. The molecule has 0 radical (unpaired) electrons. The molecule has 0 aliphatic carbocycles. The van der Waals surface area contributed by atoms with Crippen molar-refractivity contribution in [2.24, 2.45) is 5.84 Å². The Morgan fingerprint density at radius 1 is 1.29 bits per heavy atom. The number of piperidine rings is 1. The molecule has 0 amide bonds. The molecule has 2 aromatic heterocycles. The molecule has 3 rings (SSSR count). The van der Waals surface area contributed by atoms with Crippen LogP contribution in [0.15, 0.2) is 23.3 Å². The van der Waals surface area contributed by atoms with E-state index in [4.69, 9.17) is 5.84 Å². The van der Waals surface area contributed by atoms with Gasteiger partial charge in [0.25, 0.3) is 5.56 Å². The monoisotopic (exact) mass is 306 g/mol. The van der Waals surface area contributed by atoms with Crippen molar-refractivity contribution in [3.63, 3.8) is 0 Å². The highest BCUT2D eigenvalue weighted by molar-refractivity contribution is 7.15. The molecule has 21 heavy (non-hydrogen) atoms. The first-order valence-corrected chi connectivity index (χ1v) is 7.81. The average Bonchev–Trinajstić information content (AvgIpc) is 2.98. The molecule has 0 atom stereocenters. The summed E-state index contributed by atoms with van der Waals surface area (Å²) in [7, 11) is 0. The van der Waals surface area contributed by atoms with Crippen LogP contribution in [0.4, 0.5) is 10.8 Å². The molecule has 0 aromatic carbocycles. The molecule has 1 aliphatic heterocycles. The number of nitrogens with two attached hydrogens (primary N) is 1. The number of thiazole rings is 1. The van der Waals surface area contributed by atoms with Crippen molar-refractivity contribution in [3.05, 3.63) is 33.7 Å². The predicted octanol–water partition coefficient (Wildman–Crippen LogP) is 1.02. The van der Waals surface area contributed by atoms with Gasteiger partial charge in [-0.25, -0.2) is 15.5 Å². The van der Waals surface area contributed by atoms with Gasteiger partial charge in [0, 0.05) is 30.2 Å². The molecule has 0 bridgehead atoms. The third kappa shape index (κ3) is 3.22. The normalized spacial score (nSPS) is 15.2. The Kier molecular flexibility index (Phi) is 4.16. The van der Waals surface area contributed by atoms with Crippen LogP contribution in [0.2, 0.25) is 0 Å². The minimum absolute atomic E-state index is 0.0891. The van der Waals surface area contributed by atoms with E-state index in [9.17, 15) is 4.79 Å². The van der Waals surface area contributed by atoms with Gasteiger partial charge in [-0.15, -0.1) is 0 Å². The lowest BCUT2D eigenvalue weighted by Crippen LogP contribution is -2.32. The number of aromatic nitrogens is 3.